The van der Waals surface area contributed by atoms with E-state index in [2.05, 4.69) is 15.9 Å². The normalized spacial score (nSPS) is 11.1. The second-order valence-electron chi connectivity index (χ2n) is 5.79. The monoisotopic (exact) mass is 378 g/mol. The minimum Gasteiger partial charge on any atom is -0.485 e. The first kappa shape index (κ1) is 18.6. The largest absolute Gasteiger partial charge is 0.485 e. The van der Waals surface area contributed by atoms with Gasteiger partial charge in [0.2, 0.25) is 11.4 Å². The molecule has 0 unspecified atom stereocenters. The van der Waals surface area contributed by atoms with Crippen molar-refractivity contribution < 1.29 is 19.2 Å². The Balaban J connectivity index is 1.72. The molecule has 9 nitrogen and oxygen atoms in total. The maximum Gasteiger partial charge on any atom is 0.269 e. The predicted molar refractivity (Wildman–Crippen MR) is 97.6 cm³/mol. The molecule has 140 valence electrons. The summed E-state index contributed by atoms with van der Waals surface area (Å²) < 4.78 is 10.0. The summed E-state index contributed by atoms with van der Waals surface area (Å²) in [5.74, 6) is 0.534. The van der Waals surface area contributed by atoms with E-state index in [0.717, 1.165) is 5.56 Å². The van der Waals surface area contributed by atoms with E-state index in [0.29, 0.717) is 27.5 Å². The van der Waals surface area contributed by atoms with Gasteiger partial charge in [0.05, 0.1) is 16.6 Å². The van der Waals surface area contributed by atoms with Crippen LogP contribution in [0.4, 0.5) is 5.69 Å². The summed E-state index contributed by atoms with van der Waals surface area (Å²) in [6, 6.07) is 14.8. The summed E-state index contributed by atoms with van der Waals surface area (Å²) in [6.45, 7) is 1.66. The third-order valence-electron chi connectivity index (χ3n) is 3.97. The topological polar surface area (TPSA) is 129 Å². The quantitative estimate of drug-likeness (QED) is 0.212. The van der Waals surface area contributed by atoms with Crippen LogP contribution in [-0.4, -0.2) is 10.1 Å². The molecule has 0 bridgehead atoms. The number of nitriles is 1. The standard InChI is InChI=1S/C19H14N4O5/c1-13-19(23(26)28-21-13)12-27-18-8-2-14(3-9-18)10-16(11-20)15-4-6-17(7-5-15)22(24)25/h2-10H,12H2,1H3. The van der Waals surface area contributed by atoms with Gasteiger partial charge in [0.15, 0.2) is 6.61 Å². The van der Waals surface area contributed by atoms with Crippen LogP contribution >= 0.6 is 0 Å². The molecule has 0 fully saturated rings. The van der Waals surface area contributed by atoms with Crippen molar-refractivity contribution in [3.05, 3.63) is 86.4 Å². The van der Waals surface area contributed by atoms with E-state index in [-0.39, 0.29) is 18.0 Å². The third-order valence-corrected chi connectivity index (χ3v) is 3.97. The molecule has 3 aromatic rings. The highest BCUT2D eigenvalue weighted by molar-refractivity contribution is 5.89. The number of ether oxygens (including phenoxy) is 1. The zero-order valence-electron chi connectivity index (χ0n) is 14.7. The molecule has 0 saturated heterocycles. The number of non-ortho nitro benzene ring substituents is 1. The smallest absolute Gasteiger partial charge is 0.269 e. The number of nitro benzene ring substituents is 1. The van der Waals surface area contributed by atoms with Crippen LogP contribution in [0.2, 0.25) is 0 Å². The number of aryl methyl sites for hydroxylation is 1. The van der Waals surface area contributed by atoms with E-state index in [4.69, 9.17) is 4.74 Å². The molecule has 0 N–H and O–H groups in total. The summed E-state index contributed by atoms with van der Waals surface area (Å²) >= 11 is 0. The van der Waals surface area contributed by atoms with E-state index >= 15 is 0 Å². The average molecular weight is 378 g/mol. The van der Waals surface area contributed by atoms with E-state index in [1.165, 1.54) is 24.3 Å². The molecular weight excluding hydrogens is 364 g/mol. The Bertz CT molecular complexity index is 1040. The van der Waals surface area contributed by atoms with Crippen LogP contribution in [0.15, 0.2) is 53.2 Å². The molecule has 0 aliphatic rings. The first-order chi connectivity index (χ1) is 13.5. The zero-order valence-corrected chi connectivity index (χ0v) is 14.7. The summed E-state index contributed by atoms with van der Waals surface area (Å²) in [5.41, 5.74) is 2.41. The van der Waals surface area contributed by atoms with E-state index < -0.39 is 4.92 Å². The Morgan fingerprint density at radius 1 is 1.29 bits per heavy atom. The summed E-state index contributed by atoms with van der Waals surface area (Å²) in [5, 5.41) is 35.1. The van der Waals surface area contributed by atoms with Gasteiger partial charge in [0.25, 0.3) is 5.69 Å². The maximum atomic E-state index is 11.4. The summed E-state index contributed by atoms with van der Waals surface area (Å²) in [6.07, 6.45) is 1.67. The lowest BCUT2D eigenvalue weighted by atomic mass is 10.0. The molecule has 9 heteroatoms. The van der Waals surface area contributed by atoms with Crippen molar-refractivity contribution in [2.45, 2.75) is 13.5 Å². The van der Waals surface area contributed by atoms with Crippen molar-refractivity contribution >= 4 is 17.3 Å². The highest BCUT2D eigenvalue weighted by atomic mass is 16.8. The minimum absolute atomic E-state index is 0.0141. The molecule has 2 aromatic carbocycles. The second kappa shape index (κ2) is 8.01. The van der Waals surface area contributed by atoms with E-state index in [1.807, 2.05) is 0 Å². The number of hydrogen-bond donors (Lipinski definition) is 0. The number of nitrogens with zero attached hydrogens (tertiary/aromatic N) is 4. The molecule has 0 amide bonds. The molecule has 1 heterocycles. The maximum absolute atomic E-state index is 11.4. The molecule has 0 spiro atoms. The summed E-state index contributed by atoms with van der Waals surface area (Å²) in [4.78, 5) is 10.5. The van der Waals surface area contributed by atoms with Gasteiger partial charge in [-0.3, -0.25) is 14.7 Å². The number of hydrogen-bond acceptors (Lipinski definition) is 7. The number of rotatable bonds is 6. The van der Waals surface area contributed by atoms with Crippen LogP contribution < -0.4 is 9.64 Å². The van der Waals surface area contributed by atoms with Crippen LogP contribution in [0.3, 0.4) is 0 Å². The van der Waals surface area contributed by atoms with Crippen molar-refractivity contribution in [1.29, 1.82) is 5.26 Å². The van der Waals surface area contributed by atoms with Gasteiger partial charge in [0, 0.05) is 24.2 Å². The Morgan fingerprint density at radius 3 is 2.50 bits per heavy atom. The Hall–Kier alpha value is -4.19. The van der Waals surface area contributed by atoms with Crippen LogP contribution in [0.25, 0.3) is 11.6 Å². The lowest BCUT2D eigenvalue weighted by Gasteiger charge is -2.05. The van der Waals surface area contributed by atoms with E-state index in [1.54, 1.807) is 37.3 Å². The molecule has 0 atom stereocenters. The predicted octanol–water partition coefficient (Wildman–Crippen LogP) is 3.17. The molecule has 0 aliphatic carbocycles. The van der Waals surface area contributed by atoms with Gasteiger partial charge in [-0.1, -0.05) is 12.1 Å². The van der Waals surface area contributed by atoms with Crippen LogP contribution in [0.5, 0.6) is 5.75 Å². The third kappa shape index (κ3) is 4.13. The first-order valence-electron chi connectivity index (χ1n) is 8.12. The first-order valence-corrected chi connectivity index (χ1v) is 8.12. The SMILES string of the molecule is Cc1no[n+]([O-])c1COc1ccc(C=C(C#N)c2ccc([N+](=O)[O-])cc2)cc1. The fourth-order valence-corrected chi connectivity index (χ4v) is 2.41. The fourth-order valence-electron chi connectivity index (χ4n) is 2.41. The lowest BCUT2D eigenvalue weighted by Crippen LogP contribution is -2.29. The Morgan fingerprint density at radius 2 is 1.96 bits per heavy atom. The van der Waals surface area contributed by atoms with Gasteiger partial charge in [-0.2, -0.15) is 5.26 Å². The molecule has 3 rings (SSSR count). The Kier molecular flexibility index (Phi) is 5.32. The highest BCUT2D eigenvalue weighted by Gasteiger charge is 2.15. The average Bonchev–Trinajstić information content (AvgIpc) is 3.03. The molecule has 0 aliphatic heterocycles. The number of aromatic nitrogens is 2. The van der Waals surface area contributed by atoms with Crippen molar-refractivity contribution in [3.8, 4) is 11.8 Å². The van der Waals surface area contributed by atoms with Gasteiger partial charge in [-0.05, 0) is 46.4 Å². The molecule has 1 aromatic heterocycles. The zero-order chi connectivity index (χ0) is 20.1. The number of allylic oxidation sites excluding steroid dienone is 1. The fraction of sp³-hybridized carbons (Fsp3) is 0.105. The molecular formula is C19H14N4O5. The molecule has 0 saturated carbocycles. The molecule has 28 heavy (non-hydrogen) atoms. The Labute approximate surface area is 159 Å². The molecule has 0 radical (unpaired) electrons. The van der Waals surface area contributed by atoms with Crippen molar-refractivity contribution in [2.24, 2.45) is 0 Å². The van der Waals surface area contributed by atoms with Gasteiger partial charge in [-0.15, -0.1) is 0 Å². The second-order valence-corrected chi connectivity index (χ2v) is 5.79. The van der Waals surface area contributed by atoms with Gasteiger partial charge >= 0.3 is 0 Å². The van der Waals surface area contributed by atoms with Crippen molar-refractivity contribution in [1.82, 2.24) is 5.16 Å². The van der Waals surface area contributed by atoms with Gasteiger partial charge < -0.3 is 9.94 Å². The lowest BCUT2D eigenvalue weighted by molar-refractivity contribution is -0.808. The van der Waals surface area contributed by atoms with Crippen LogP contribution in [0.1, 0.15) is 22.5 Å². The van der Waals surface area contributed by atoms with E-state index in [9.17, 15) is 20.6 Å². The highest BCUT2D eigenvalue weighted by Crippen LogP contribution is 2.22. The van der Waals surface area contributed by atoms with Gasteiger partial charge in [0.1, 0.15) is 5.75 Å². The van der Waals surface area contributed by atoms with Crippen molar-refractivity contribution in [2.75, 3.05) is 0 Å². The number of benzene rings is 2. The van der Waals surface area contributed by atoms with Gasteiger partial charge in [-0.25, -0.2) is 0 Å². The summed E-state index contributed by atoms with van der Waals surface area (Å²) in [7, 11) is 0. The van der Waals surface area contributed by atoms with Crippen molar-refractivity contribution in [3.63, 3.8) is 0 Å². The van der Waals surface area contributed by atoms with Crippen LogP contribution in [0, 0.1) is 33.6 Å². The minimum atomic E-state index is -0.492. The number of nitro groups is 1. The van der Waals surface area contributed by atoms with Crippen LogP contribution in [-0.2, 0) is 6.61 Å².